The molecule has 0 aliphatic rings. The van der Waals surface area contributed by atoms with Crippen LogP contribution in [0, 0.1) is 0 Å². The number of aromatic amines is 1. The lowest BCUT2D eigenvalue weighted by molar-refractivity contribution is 0.572. The van der Waals surface area contributed by atoms with Crippen LogP contribution in [-0.4, -0.2) is 33.4 Å². The van der Waals surface area contributed by atoms with Gasteiger partial charge in [0.05, 0.1) is 12.7 Å². The summed E-state index contributed by atoms with van der Waals surface area (Å²) in [7, 11) is -3.55. The number of hydrogen-bond acceptors (Lipinski definition) is 5. The van der Waals surface area contributed by atoms with E-state index in [4.69, 9.17) is 0 Å². The van der Waals surface area contributed by atoms with E-state index < -0.39 is 10.0 Å². The Balaban J connectivity index is 2.05. The maximum atomic E-state index is 11.8. The van der Waals surface area contributed by atoms with Gasteiger partial charge in [0.15, 0.2) is 0 Å². The van der Waals surface area contributed by atoms with E-state index in [1.807, 2.05) is 11.5 Å². The van der Waals surface area contributed by atoms with Crippen molar-refractivity contribution in [1.29, 1.82) is 0 Å². The smallest absolute Gasteiger partial charge is 0.244 e. The van der Waals surface area contributed by atoms with Crippen LogP contribution < -0.4 is 4.72 Å². The molecule has 98 valence electrons. The zero-order valence-electron chi connectivity index (χ0n) is 9.87. The van der Waals surface area contributed by atoms with Crippen LogP contribution in [0.2, 0.25) is 0 Å². The lowest BCUT2D eigenvalue weighted by atomic mass is 10.4. The van der Waals surface area contributed by atoms with Crippen molar-refractivity contribution in [2.45, 2.75) is 31.3 Å². The summed E-state index contributed by atoms with van der Waals surface area (Å²) in [6.07, 6.45) is 5.09. The molecule has 0 aromatic carbocycles. The quantitative estimate of drug-likeness (QED) is 0.762. The van der Waals surface area contributed by atoms with E-state index in [0.29, 0.717) is 5.82 Å². The molecule has 0 bridgehead atoms. The van der Waals surface area contributed by atoms with Gasteiger partial charge in [0, 0.05) is 12.7 Å². The number of H-pyrrole nitrogens is 1. The first kappa shape index (κ1) is 12.7. The van der Waals surface area contributed by atoms with E-state index in [9.17, 15) is 8.42 Å². The average Bonchev–Trinajstić information content (AvgIpc) is 2.98. The number of aryl methyl sites for hydroxylation is 1. The Bertz CT molecular complexity index is 588. The minimum atomic E-state index is -3.55. The molecule has 0 atom stereocenters. The van der Waals surface area contributed by atoms with Gasteiger partial charge in [-0.1, -0.05) is 6.92 Å². The summed E-state index contributed by atoms with van der Waals surface area (Å²) in [6, 6.07) is 0. The van der Waals surface area contributed by atoms with Gasteiger partial charge in [0.2, 0.25) is 10.0 Å². The van der Waals surface area contributed by atoms with E-state index in [0.717, 1.165) is 13.0 Å². The molecule has 0 fully saturated rings. The number of nitrogens with one attached hydrogen (secondary N) is 2. The topological polar surface area (TPSA) is 106 Å². The van der Waals surface area contributed by atoms with E-state index in [2.05, 4.69) is 25.1 Å². The van der Waals surface area contributed by atoms with Gasteiger partial charge in [-0.25, -0.2) is 13.1 Å². The Kier molecular flexibility index (Phi) is 3.72. The normalized spacial score (nSPS) is 11.8. The second-order valence-corrected chi connectivity index (χ2v) is 5.47. The zero-order chi connectivity index (χ0) is 13.0. The summed E-state index contributed by atoms with van der Waals surface area (Å²) in [4.78, 5) is 0.101. The molecule has 2 rings (SSSR count). The van der Waals surface area contributed by atoms with Crippen molar-refractivity contribution in [1.82, 2.24) is 29.7 Å². The van der Waals surface area contributed by atoms with Crippen LogP contribution in [0.4, 0.5) is 0 Å². The Morgan fingerprint density at radius 3 is 3.00 bits per heavy atom. The lowest BCUT2D eigenvalue weighted by Crippen LogP contribution is -2.24. The predicted molar refractivity (Wildman–Crippen MR) is 62.9 cm³/mol. The maximum absolute atomic E-state index is 11.8. The van der Waals surface area contributed by atoms with E-state index in [-0.39, 0.29) is 11.4 Å². The third-order valence-corrected chi connectivity index (χ3v) is 3.73. The van der Waals surface area contributed by atoms with Crippen molar-refractivity contribution >= 4 is 10.0 Å². The Morgan fingerprint density at radius 1 is 1.50 bits per heavy atom. The van der Waals surface area contributed by atoms with Crippen molar-refractivity contribution in [3.8, 4) is 0 Å². The molecule has 2 heterocycles. The molecular weight excluding hydrogens is 256 g/mol. The van der Waals surface area contributed by atoms with Crippen molar-refractivity contribution in [2.75, 3.05) is 0 Å². The van der Waals surface area contributed by atoms with Crippen molar-refractivity contribution < 1.29 is 8.42 Å². The second-order valence-electron chi connectivity index (χ2n) is 3.70. The first-order valence-electron chi connectivity index (χ1n) is 5.48. The molecule has 0 saturated heterocycles. The van der Waals surface area contributed by atoms with Crippen molar-refractivity contribution in [3.63, 3.8) is 0 Å². The number of nitrogens with zero attached hydrogens (tertiary/aromatic N) is 4. The molecule has 0 radical (unpaired) electrons. The van der Waals surface area contributed by atoms with Gasteiger partial charge in [0.1, 0.15) is 17.0 Å². The molecule has 2 N–H and O–H groups in total. The fourth-order valence-corrected chi connectivity index (χ4v) is 2.36. The number of rotatable bonds is 6. The van der Waals surface area contributed by atoms with Crippen molar-refractivity contribution in [3.05, 3.63) is 24.5 Å². The monoisotopic (exact) mass is 270 g/mol. The maximum Gasteiger partial charge on any atom is 0.244 e. The Labute approximate surface area is 104 Å². The average molecular weight is 270 g/mol. The molecular formula is C9H14N6O2S. The minimum absolute atomic E-state index is 0.101. The van der Waals surface area contributed by atoms with E-state index in [1.165, 1.54) is 12.4 Å². The largest absolute Gasteiger partial charge is 0.316 e. The van der Waals surface area contributed by atoms with Gasteiger partial charge in [0.25, 0.3) is 0 Å². The molecule has 0 spiro atoms. The molecule has 0 amide bonds. The fourth-order valence-electron chi connectivity index (χ4n) is 1.47. The summed E-state index contributed by atoms with van der Waals surface area (Å²) < 4.78 is 27.9. The summed E-state index contributed by atoms with van der Waals surface area (Å²) in [6.45, 7) is 2.89. The van der Waals surface area contributed by atoms with Crippen molar-refractivity contribution in [2.24, 2.45) is 0 Å². The predicted octanol–water partition coefficient (Wildman–Crippen LogP) is -0.110. The standard InChI is InChI=1S/C9H14N6O2S/c1-2-3-15-7-12-14-9(15)6-13-18(16,17)8-4-10-11-5-8/h4-5,7,13H,2-3,6H2,1H3,(H,10,11). The Hall–Kier alpha value is -1.74. The molecule has 2 aromatic heterocycles. The number of aromatic nitrogens is 5. The highest BCUT2D eigenvalue weighted by atomic mass is 32.2. The summed E-state index contributed by atoms with van der Waals surface area (Å²) >= 11 is 0. The first-order valence-corrected chi connectivity index (χ1v) is 6.97. The number of hydrogen-bond donors (Lipinski definition) is 2. The van der Waals surface area contributed by atoms with Gasteiger partial charge in [-0.05, 0) is 6.42 Å². The van der Waals surface area contributed by atoms with E-state index in [1.54, 1.807) is 6.33 Å². The molecule has 2 aromatic rings. The summed E-state index contributed by atoms with van der Waals surface area (Å²) in [5, 5.41) is 13.7. The molecule has 9 heteroatoms. The molecule has 0 unspecified atom stereocenters. The van der Waals surface area contributed by atoms with Gasteiger partial charge in [-0.3, -0.25) is 5.10 Å². The fraction of sp³-hybridized carbons (Fsp3) is 0.444. The minimum Gasteiger partial charge on any atom is -0.316 e. The molecule has 0 aliphatic carbocycles. The van der Waals surface area contributed by atoms with E-state index >= 15 is 0 Å². The van der Waals surface area contributed by atoms with Crippen LogP contribution in [0.15, 0.2) is 23.6 Å². The molecule has 18 heavy (non-hydrogen) atoms. The summed E-state index contributed by atoms with van der Waals surface area (Å²) in [5.74, 6) is 0.587. The van der Waals surface area contributed by atoms with Crippen LogP contribution in [-0.2, 0) is 23.1 Å². The van der Waals surface area contributed by atoms with Crippen LogP contribution >= 0.6 is 0 Å². The highest BCUT2D eigenvalue weighted by molar-refractivity contribution is 7.89. The Morgan fingerprint density at radius 2 is 2.33 bits per heavy atom. The third kappa shape index (κ3) is 2.74. The van der Waals surface area contributed by atoms with Crippen LogP contribution in [0.3, 0.4) is 0 Å². The first-order chi connectivity index (χ1) is 8.63. The zero-order valence-corrected chi connectivity index (χ0v) is 10.7. The van der Waals surface area contributed by atoms with Crippen LogP contribution in [0.1, 0.15) is 19.2 Å². The third-order valence-electron chi connectivity index (χ3n) is 2.36. The highest BCUT2D eigenvalue weighted by Crippen LogP contribution is 2.05. The molecule has 8 nitrogen and oxygen atoms in total. The molecule has 0 saturated carbocycles. The summed E-state index contributed by atoms with van der Waals surface area (Å²) in [5.41, 5.74) is 0. The van der Waals surface area contributed by atoms with Gasteiger partial charge < -0.3 is 4.57 Å². The van der Waals surface area contributed by atoms with Gasteiger partial charge in [-0.15, -0.1) is 10.2 Å². The SMILES string of the molecule is CCCn1cnnc1CNS(=O)(=O)c1cn[nH]c1. The number of sulfonamides is 1. The highest BCUT2D eigenvalue weighted by Gasteiger charge is 2.16. The second kappa shape index (κ2) is 5.27. The van der Waals surface area contributed by atoms with Gasteiger partial charge in [-0.2, -0.15) is 5.10 Å². The van der Waals surface area contributed by atoms with Crippen LogP contribution in [0.25, 0.3) is 0 Å². The van der Waals surface area contributed by atoms with Gasteiger partial charge >= 0.3 is 0 Å². The lowest BCUT2D eigenvalue weighted by Gasteiger charge is -2.06. The molecule has 0 aliphatic heterocycles. The van der Waals surface area contributed by atoms with Crippen LogP contribution in [0.5, 0.6) is 0 Å².